The van der Waals surface area contributed by atoms with Crippen LogP contribution in [0.25, 0.3) is 16.6 Å². The summed E-state index contributed by atoms with van der Waals surface area (Å²) in [6.45, 7) is 7.22. The van der Waals surface area contributed by atoms with Gasteiger partial charge in [-0.15, -0.1) is 0 Å². The van der Waals surface area contributed by atoms with Crippen LogP contribution >= 0.6 is 0 Å². The Balaban J connectivity index is 2.07. The summed E-state index contributed by atoms with van der Waals surface area (Å²) < 4.78 is 20.6. The molecular formula is C23H23FN4O3. The summed E-state index contributed by atoms with van der Waals surface area (Å²) in [6, 6.07) is 10.9. The van der Waals surface area contributed by atoms with Gasteiger partial charge in [-0.05, 0) is 57.5 Å². The lowest BCUT2D eigenvalue weighted by atomic mass is 10.1. The van der Waals surface area contributed by atoms with Gasteiger partial charge in [0.05, 0.1) is 28.2 Å². The van der Waals surface area contributed by atoms with Crippen LogP contribution in [0.15, 0.2) is 41.2 Å². The third-order valence-electron chi connectivity index (χ3n) is 4.46. The first-order valence-electron chi connectivity index (χ1n) is 9.78. The minimum Gasteiger partial charge on any atom is -0.444 e. The maximum absolute atomic E-state index is 14.1. The molecular weight excluding hydrogens is 399 g/mol. The minimum absolute atomic E-state index is 0.0876. The van der Waals surface area contributed by atoms with Gasteiger partial charge in [0, 0.05) is 13.0 Å². The molecule has 1 heterocycles. The fourth-order valence-corrected chi connectivity index (χ4v) is 3.23. The number of nitriles is 1. The number of fused-ring (bicyclic) bond motifs is 1. The molecule has 1 amide bonds. The van der Waals surface area contributed by atoms with E-state index in [-0.39, 0.29) is 29.8 Å². The number of rotatable bonds is 4. The van der Waals surface area contributed by atoms with Crippen LogP contribution in [0.4, 0.5) is 9.18 Å². The van der Waals surface area contributed by atoms with E-state index in [2.05, 4.69) is 10.3 Å². The summed E-state index contributed by atoms with van der Waals surface area (Å²) in [7, 11) is 0. The predicted molar refractivity (Wildman–Crippen MR) is 115 cm³/mol. The predicted octanol–water partition coefficient (Wildman–Crippen LogP) is 3.77. The Kier molecular flexibility index (Phi) is 6.07. The van der Waals surface area contributed by atoms with Gasteiger partial charge in [0.2, 0.25) is 0 Å². The highest BCUT2D eigenvalue weighted by Crippen LogP contribution is 2.18. The Morgan fingerprint density at radius 2 is 2.03 bits per heavy atom. The van der Waals surface area contributed by atoms with Crippen molar-refractivity contribution in [3.05, 3.63) is 69.5 Å². The second kappa shape index (κ2) is 8.56. The normalized spacial score (nSPS) is 11.2. The third kappa shape index (κ3) is 5.07. The Hall–Kier alpha value is -3.73. The number of hydrogen-bond acceptors (Lipinski definition) is 5. The molecule has 1 aromatic heterocycles. The van der Waals surface area contributed by atoms with Gasteiger partial charge in [-0.25, -0.2) is 14.2 Å². The summed E-state index contributed by atoms with van der Waals surface area (Å²) >= 11 is 0. The van der Waals surface area contributed by atoms with Gasteiger partial charge >= 0.3 is 6.09 Å². The fourth-order valence-electron chi connectivity index (χ4n) is 3.23. The summed E-state index contributed by atoms with van der Waals surface area (Å²) in [5, 5.41) is 12.2. The molecule has 0 aliphatic rings. The van der Waals surface area contributed by atoms with Crippen molar-refractivity contribution >= 4 is 17.0 Å². The highest BCUT2D eigenvalue weighted by molar-refractivity contribution is 5.81. The molecule has 3 rings (SSSR count). The summed E-state index contributed by atoms with van der Waals surface area (Å²) in [6.07, 6.45) is -0.396. The molecule has 2 aromatic carbocycles. The summed E-state index contributed by atoms with van der Waals surface area (Å²) in [5.74, 6) is -0.308. The molecule has 1 N–H and O–H groups in total. The highest BCUT2D eigenvalue weighted by Gasteiger charge is 2.18. The number of benzene rings is 2. The van der Waals surface area contributed by atoms with Crippen molar-refractivity contribution in [2.45, 2.75) is 39.7 Å². The molecule has 0 spiro atoms. The first kappa shape index (κ1) is 22.0. The Labute approximate surface area is 179 Å². The van der Waals surface area contributed by atoms with Crippen molar-refractivity contribution in [2.24, 2.45) is 0 Å². The number of carbonyl (C=O) groups is 1. The number of halogens is 1. The van der Waals surface area contributed by atoms with Crippen LogP contribution in [-0.4, -0.2) is 27.8 Å². The molecule has 0 saturated heterocycles. The lowest BCUT2D eigenvalue weighted by Crippen LogP contribution is -2.34. The number of nitrogens with zero attached hydrogens (tertiary/aromatic N) is 3. The van der Waals surface area contributed by atoms with Crippen molar-refractivity contribution in [2.75, 3.05) is 6.54 Å². The van der Waals surface area contributed by atoms with Crippen LogP contribution in [0.1, 0.15) is 37.7 Å². The van der Waals surface area contributed by atoms with Crippen molar-refractivity contribution in [3.8, 4) is 11.8 Å². The molecule has 0 radical (unpaired) electrons. The summed E-state index contributed by atoms with van der Waals surface area (Å²) in [5.41, 5.74) is 0.519. The molecule has 0 unspecified atom stereocenters. The van der Waals surface area contributed by atoms with E-state index in [0.717, 1.165) is 11.6 Å². The monoisotopic (exact) mass is 422 g/mol. The van der Waals surface area contributed by atoms with E-state index < -0.39 is 17.5 Å². The number of ether oxygens (including phenoxy) is 1. The number of alkyl carbamates (subject to hydrolysis) is 1. The zero-order valence-electron chi connectivity index (χ0n) is 17.8. The van der Waals surface area contributed by atoms with Crippen LogP contribution in [-0.2, 0) is 11.2 Å². The van der Waals surface area contributed by atoms with Crippen molar-refractivity contribution in [1.29, 1.82) is 5.26 Å². The fraction of sp³-hybridized carbons (Fsp3) is 0.304. The minimum atomic E-state index is -0.639. The first-order valence-corrected chi connectivity index (χ1v) is 9.78. The van der Waals surface area contributed by atoms with Gasteiger partial charge < -0.3 is 10.1 Å². The Morgan fingerprint density at radius 3 is 2.71 bits per heavy atom. The zero-order valence-corrected chi connectivity index (χ0v) is 17.8. The van der Waals surface area contributed by atoms with E-state index in [1.165, 1.54) is 16.7 Å². The number of hydrogen-bond donors (Lipinski definition) is 1. The zero-order chi connectivity index (χ0) is 22.8. The lowest BCUT2D eigenvalue weighted by Gasteiger charge is -2.20. The maximum Gasteiger partial charge on any atom is 0.407 e. The number of nitrogens with one attached hydrogen (secondary N) is 1. The van der Waals surface area contributed by atoms with Gasteiger partial charge in [-0.2, -0.15) is 5.26 Å². The standard InChI is InChI=1S/C23H23FN4O3/c1-14-6-5-7-18-20(14)21(29)28(17-11-15(13-25)10-16(24)12-17)19(27-18)8-9-26-22(30)31-23(2,3)4/h5-7,10-12H,8-9H2,1-4H3,(H,26,30). The Bertz CT molecular complexity index is 1250. The molecule has 0 saturated carbocycles. The van der Waals surface area contributed by atoms with Crippen LogP contribution in [0.3, 0.4) is 0 Å². The molecule has 0 bridgehead atoms. The molecule has 160 valence electrons. The molecule has 0 aliphatic carbocycles. The van der Waals surface area contributed by atoms with Crippen molar-refractivity contribution in [1.82, 2.24) is 14.9 Å². The lowest BCUT2D eigenvalue weighted by molar-refractivity contribution is 0.0528. The van der Waals surface area contributed by atoms with Gasteiger partial charge in [-0.3, -0.25) is 9.36 Å². The third-order valence-corrected chi connectivity index (χ3v) is 4.46. The molecule has 7 nitrogen and oxygen atoms in total. The quantitative estimate of drug-likeness (QED) is 0.690. The van der Waals surface area contributed by atoms with Crippen molar-refractivity contribution in [3.63, 3.8) is 0 Å². The van der Waals surface area contributed by atoms with Crippen LogP contribution < -0.4 is 10.9 Å². The van der Waals surface area contributed by atoms with E-state index >= 15 is 0 Å². The second-order valence-corrected chi connectivity index (χ2v) is 8.13. The van der Waals surface area contributed by atoms with Crippen LogP contribution in [0.5, 0.6) is 0 Å². The van der Waals surface area contributed by atoms with E-state index in [4.69, 9.17) is 4.74 Å². The van der Waals surface area contributed by atoms with Crippen molar-refractivity contribution < 1.29 is 13.9 Å². The van der Waals surface area contributed by atoms with Gasteiger partial charge in [0.15, 0.2) is 0 Å². The molecule has 0 aliphatic heterocycles. The topological polar surface area (TPSA) is 97.0 Å². The van der Waals surface area contributed by atoms with Crippen LogP contribution in [0, 0.1) is 24.1 Å². The van der Waals surface area contributed by atoms with E-state index in [0.29, 0.717) is 16.7 Å². The van der Waals surface area contributed by atoms with E-state index in [1.54, 1.807) is 45.9 Å². The van der Waals surface area contributed by atoms with E-state index in [9.17, 15) is 19.2 Å². The molecule has 8 heteroatoms. The van der Waals surface area contributed by atoms with Gasteiger partial charge in [0.25, 0.3) is 5.56 Å². The number of carbonyl (C=O) groups excluding carboxylic acids is 1. The highest BCUT2D eigenvalue weighted by atomic mass is 19.1. The average Bonchev–Trinajstić information content (AvgIpc) is 2.66. The summed E-state index contributed by atoms with van der Waals surface area (Å²) in [4.78, 5) is 29.9. The van der Waals surface area contributed by atoms with E-state index in [1.807, 2.05) is 6.07 Å². The molecule has 0 fully saturated rings. The number of aryl methyl sites for hydroxylation is 1. The Morgan fingerprint density at radius 1 is 1.29 bits per heavy atom. The first-order chi connectivity index (χ1) is 14.6. The number of aromatic nitrogens is 2. The molecule has 0 atom stereocenters. The molecule has 31 heavy (non-hydrogen) atoms. The van der Waals surface area contributed by atoms with Crippen LogP contribution in [0.2, 0.25) is 0 Å². The maximum atomic E-state index is 14.1. The van der Waals surface area contributed by atoms with Gasteiger partial charge in [0.1, 0.15) is 17.2 Å². The molecule has 3 aromatic rings. The number of amides is 1. The SMILES string of the molecule is Cc1cccc2nc(CCNC(=O)OC(C)(C)C)n(-c3cc(F)cc(C#N)c3)c(=O)c12. The van der Waals surface area contributed by atoms with Gasteiger partial charge in [-0.1, -0.05) is 12.1 Å². The second-order valence-electron chi connectivity index (χ2n) is 8.13. The largest absolute Gasteiger partial charge is 0.444 e. The average molecular weight is 422 g/mol. The smallest absolute Gasteiger partial charge is 0.407 e.